The van der Waals surface area contributed by atoms with Crippen LogP contribution in [0.25, 0.3) is 0 Å². The summed E-state index contributed by atoms with van der Waals surface area (Å²) >= 11 is 0. The zero-order valence-electron chi connectivity index (χ0n) is 8.22. The lowest BCUT2D eigenvalue weighted by Crippen LogP contribution is -2.09. The molecule has 0 aromatic carbocycles. The van der Waals surface area contributed by atoms with Crippen LogP contribution in [0.15, 0.2) is 11.1 Å². The summed E-state index contributed by atoms with van der Waals surface area (Å²) in [5.74, 6) is -0.144. The van der Waals surface area contributed by atoms with Gasteiger partial charge in [-0.1, -0.05) is 13.8 Å². The molecule has 1 aliphatic rings. The molecule has 0 spiro atoms. The van der Waals surface area contributed by atoms with E-state index in [2.05, 4.69) is 4.74 Å². The van der Waals surface area contributed by atoms with Crippen LogP contribution in [0.1, 0.15) is 26.7 Å². The Kier molecular flexibility index (Phi) is 2.86. The van der Waals surface area contributed by atoms with Crippen LogP contribution < -0.4 is 0 Å². The summed E-state index contributed by atoms with van der Waals surface area (Å²) in [6, 6.07) is 0. The maximum absolute atomic E-state index is 11.4. The number of Topliss-reactive ketones (excluding diaryl/α,β-unsaturated/α-hetero) is 1. The third-order valence-corrected chi connectivity index (χ3v) is 2.24. The Labute approximate surface area is 77.8 Å². The summed E-state index contributed by atoms with van der Waals surface area (Å²) in [6.45, 7) is 3.84. The number of ketones is 1. The number of rotatable bonds is 2. The van der Waals surface area contributed by atoms with E-state index in [1.807, 2.05) is 13.8 Å². The van der Waals surface area contributed by atoms with Gasteiger partial charge in [0, 0.05) is 17.6 Å². The molecule has 0 fully saturated rings. The molecule has 3 heteroatoms. The van der Waals surface area contributed by atoms with Crippen molar-refractivity contribution in [3.8, 4) is 0 Å². The maximum Gasteiger partial charge on any atom is 0.334 e. The molecule has 13 heavy (non-hydrogen) atoms. The maximum atomic E-state index is 11.4. The molecule has 0 unspecified atom stereocenters. The van der Waals surface area contributed by atoms with Gasteiger partial charge in [0.05, 0.1) is 7.11 Å². The van der Waals surface area contributed by atoms with Crippen LogP contribution in [0.4, 0.5) is 0 Å². The van der Waals surface area contributed by atoms with Crippen LogP contribution in [0.3, 0.4) is 0 Å². The Morgan fingerprint density at radius 3 is 2.46 bits per heavy atom. The van der Waals surface area contributed by atoms with Gasteiger partial charge in [-0.15, -0.1) is 0 Å². The predicted molar refractivity (Wildman–Crippen MR) is 48.1 cm³/mol. The Hall–Kier alpha value is -1.12. The molecule has 1 aliphatic carbocycles. The molecule has 0 bridgehead atoms. The summed E-state index contributed by atoms with van der Waals surface area (Å²) in [5.41, 5.74) is 1.23. The largest absolute Gasteiger partial charge is 0.466 e. The van der Waals surface area contributed by atoms with E-state index in [4.69, 9.17) is 0 Å². The molecule has 0 radical (unpaired) electrons. The molecule has 0 aliphatic heterocycles. The van der Waals surface area contributed by atoms with Crippen molar-refractivity contribution in [1.29, 1.82) is 0 Å². The van der Waals surface area contributed by atoms with Gasteiger partial charge in [0.2, 0.25) is 0 Å². The van der Waals surface area contributed by atoms with E-state index in [1.54, 1.807) is 0 Å². The second-order valence-corrected chi connectivity index (χ2v) is 3.46. The van der Waals surface area contributed by atoms with Crippen molar-refractivity contribution in [3.63, 3.8) is 0 Å². The zero-order chi connectivity index (χ0) is 10.0. The van der Waals surface area contributed by atoms with Gasteiger partial charge in [-0.3, -0.25) is 4.79 Å². The highest BCUT2D eigenvalue weighted by molar-refractivity contribution is 6.07. The number of hydrogen-bond acceptors (Lipinski definition) is 3. The highest BCUT2D eigenvalue weighted by atomic mass is 16.5. The minimum Gasteiger partial charge on any atom is -0.466 e. The van der Waals surface area contributed by atoms with Gasteiger partial charge in [-0.05, 0) is 12.3 Å². The Morgan fingerprint density at radius 1 is 1.38 bits per heavy atom. The van der Waals surface area contributed by atoms with Crippen LogP contribution in [-0.2, 0) is 14.3 Å². The molecule has 0 aromatic rings. The van der Waals surface area contributed by atoms with Crippen molar-refractivity contribution >= 4 is 11.8 Å². The van der Waals surface area contributed by atoms with Crippen LogP contribution in [0.2, 0.25) is 0 Å². The normalized spacial score (nSPS) is 17.1. The van der Waals surface area contributed by atoms with E-state index >= 15 is 0 Å². The van der Waals surface area contributed by atoms with Gasteiger partial charge in [-0.2, -0.15) is 0 Å². The molecule has 72 valence electrons. The number of esters is 1. The number of ether oxygens (including phenoxy) is 1. The van der Waals surface area contributed by atoms with Gasteiger partial charge < -0.3 is 4.74 Å². The number of methoxy groups -OCH3 is 1. The van der Waals surface area contributed by atoms with Gasteiger partial charge >= 0.3 is 5.97 Å². The molecule has 0 N–H and O–H groups in total. The lowest BCUT2D eigenvalue weighted by Gasteiger charge is -2.07. The van der Waals surface area contributed by atoms with Gasteiger partial charge in [-0.25, -0.2) is 4.79 Å². The summed E-state index contributed by atoms with van der Waals surface area (Å²) in [6.07, 6.45) is 0.997. The Balaban J connectivity index is 3.02. The summed E-state index contributed by atoms with van der Waals surface area (Å²) in [5, 5.41) is 0. The first-order valence-electron chi connectivity index (χ1n) is 4.42. The van der Waals surface area contributed by atoms with Crippen LogP contribution >= 0.6 is 0 Å². The molecule has 0 saturated heterocycles. The van der Waals surface area contributed by atoms with E-state index in [0.29, 0.717) is 24.0 Å². The average molecular weight is 182 g/mol. The first-order valence-corrected chi connectivity index (χ1v) is 4.42. The third kappa shape index (κ3) is 1.79. The molecule has 0 amide bonds. The summed E-state index contributed by atoms with van der Waals surface area (Å²) < 4.78 is 4.61. The number of carbonyl (C=O) groups is 2. The van der Waals surface area contributed by atoms with Crippen molar-refractivity contribution in [2.24, 2.45) is 5.92 Å². The lowest BCUT2D eigenvalue weighted by atomic mass is 9.99. The van der Waals surface area contributed by atoms with Gasteiger partial charge in [0.25, 0.3) is 0 Å². The smallest absolute Gasteiger partial charge is 0.334 e. The van der Waals surface area contributed by atoms with E-state index in [0.717, 1.165) is 0 Å². The van der Waals surface area contributed by atoms with Crippen LogP contribution in [-0.4, -0.2) is 18.9 Å². The molecule has 0 aromatic heterocycles. The monoisotopic (exact) mass is 182 g/mol. The van der Waals surface area contributed by atoms with Crippen LogP contribution in [0.5, 0.6) is 0 Å². The highest BCUT2D eigenvalue weighted by Crippen LogP contribution is 2.28. The zero-order valence-corrected chi connectivity index (χ0v) is 8.22. The topological polar surface area (TPSA) is 43.4 Å². The fourth-order valence-electron chi connectivity index (χ4n) is 1.68. The highest BCUT2D eigenvalue weighted by Gasteiger charge is 2.29. The van der Waals surface area contributed by atoms with E-state index < -0.39 is 0 Å². The number of allylic oxidation sites excluding steroid dienone is 1. The quantitative estimate of drug-likeness (QED) is 0.607. The minimum absolute atomic E-state index is 0.0930. The minimum atomic E-state index is -0.352. The lowest BCUT2D eigenvalue weighted by molar-refractivity contribution is -0.136. The molecular weight excluding hydrogens is 168 g/mol. The molecule has 0 heterocycles. The van der Waals surface area contributed by atoms with Crippen molar-refractivity contribution in [3.05, 3.63) is 11.1 Å². The average Bonchev–Trinajstić information content (AvgIpc) is 2.45. The summed E-state index contributed by atoms with van der Waals surface area (Å²) in [7, 11) is 1.34. The van der Waals surface area contributed by atoms with Crippen molar-refractivity contribution in [2.45, 2.75) is 26.7 Å². The van der Waals surface area contributed by atoms with E-state index in [9.17, 15) is 9.59 Å². The van der Waals surface area contributed by atoms with Crippen molar-refractivity contribution in [2.75, 3.05) is 7.11 Å². The first-order chi connectivity index (χ1) is 6.07. The Bertz CT molecular complexity index is 274. The van der Waals surface area contributed by atoms with Gasteiger partial charge in [0.1, 0.15) is 0 Å². The standard InChI is InChI=1S/C10H14O3/c1-6(2)9-7(10(12)13-3)4-5-8(9)11/h6H,4-5H2,1-3H3. The van der Waals surface area contributed by atoms with E-state index in [1.165, 1.54) is 7.11 Å². The van der Waals surface area contributed by atoms with Crippen molar-refractivity contribution < 1.29 is 14.3 Å². The van der Waals surface area contributed by atoms with Crippen LogP contribution in [0, 0.1) is 5.92 Å². The molecule has 0 saturated carbocycles. The molecule has 3 nitrogen and oxygen atoms in total. The second-order valence-electron chi connectivity index (χ2n) is 3.46. The molecule has 0 atom stereocenters. The predicted octanol–water partition coefficient (Wildman–Crippen LogP) is 1.47. The number of carbonyl (C=O) groups excluding carboxylic acids is 2. The third-order valence-electron chi connectivity index (χ3n) is 2.24. The number of hydrogen-bond donors (Lipinski definition) is 0. The first kappa shape index (κ1) is 9.96. The summed E-state index contributed by atoms with van der Waals surface area (Å²) in [4.78, 5) is 22.6. The van der Waals surface area contributed by atoms with Crippen molar-refractivity contribution in [1.82, 2.24) is 0 Å². The Morgan fingerprint density at radius 2 is 2.00 bits per heavy atom. The van der Waals surface area contributed by atoms with E-state index in [-0.39, 0.29) is 17.7 Å². The molecule has 1 rings (SSSR count). The fraction of sp³-hybridized carbons (Fsp3) is 0.600. The fourth-order valence-corrected chi connectivity index (χ4v) is 1.68. The van der Waals surface area contributed by atoms with Gasteiger partial charge in [0.15, 0.2) is 5.78 Å². The second kappa shape index (κ2) is 3.73. The molecular formula is C10H14O3. The SMILES string of the molecule is COC(=O)C1=C(C(C)C)C(=O)CC1.